The molecule has 0 saturated carbocycles. The fourth-order valence-corrected chi connectivity index (χ4v) is 3.68. The van der Waals surface area contributed by atoms with E-state index in [-0.39, 0.29) is 11.8 Å². The average molecular weight is 382 g/mol. The first kappa shape index (κ1) is 19.4. The minimum Gasteiger partial charge on any atom is -0.352 e. The molecule has 3 rings (SSSR count). The largest absolute Gasteiger partial charge is 0.352 e. The summed E-state index contributed by atoms with van der Waals surface area (Å²) in [7, 11) is 0. The van der Waals surface area contributed by atoms with Gasteiger partial charge < -0.3 is 10.2 Å². The molecule has 0 unspecified atom stereocenters. The van der Waals surface area contributed by atoms with Gasteiger partial charge in [0.05, 0.1) is 11.6 Å². The van der Waals surface area contributed by atoms with Gasteiger partial charge in [-0.25, -0.2) is 0 Å². The lowest BCUT2D eigenvalue weighted by Gasteiger charge is -2.31. The standard InChI is InChI=1S/C22H24ClN3O/c23-21-14-18(15-24)6-7-20(21)16-25-22(27)19-9-12-26(13-10-19)11-8-17-4-2-1-3-5-17/h1-7,14,19H,8-13,16H2,(H,25,27). The molecular formula is C22H24ClN3O. The third kappa shape index (κ3) is 5.56. The second-order valence-electron chi connectivity index (χ2n) is 6.99. The van der Waals surface area contributed by atoms with E-state index in [9.17, 15) is 4.79 Å². The minimum absolute atomic E-state index is 0.0649. The van der Waals surface area contributed by atoms with Crippen LogP contribution in [0.2, 0.25) is 5.02 Å². The Morgan fingerprint density at radius 3 is 2.59 bits per heavy atom. The quantitative estimate of drug-likeness (QED) is 0.828. The molecule has 1 N–H and O–H groups in total. The topological polar surface area (TPSA) is 56.1 Å². The van der Waals surface area contributed by atoms with Crippen LogP contribution in [-0.2, 0) is 17.8 Å². The summed E-state index contributed by atoms with van der Waals surface area (Å²) in [6, 6.07) is 17.7. The lowest BCUT2D eigenvalue weighted by molar-refractivity contribution is -0.126. The molecule has 0 atom stereocenters. The van der Waals surface area contributed by atoms with Gasteiger partial charge in [0, 0.05) is 24.0 Å². The highest BCUT2D eigenvalue weighted by atomic mass is 35.5. The fourth-order valence-electron chi connectivity index (χ4n) is 3.44. The van der Waals surface area contributed by atoms with Gasteiger partial charge in [0.15, 0.2) is 0 Å². The average Bonchev–Trinajstić information content (AvgIpc) is 2.72. The summed E-state index contributed by atoms with van der Waals surface area (Å²) in [6.07, 6.45) is 2.83. The normalized spacial score (nSPS) is 15.3. The highest BCUT2D eigenvalue weighted by Gasteiger charge is 2.24. The van der Waals surface area contributed by atoms with Crippen molar-refractivity contribution < 1.29 is 4.79 Å². The molecule has 0 aromatic heterocycles. The summed E-state index contributed by atoms with van der Waals surface area (Å²) in [5.41, 5.74) is 2.72. The number of halogens is 1. The maximum atomic E-state index is 12.5. The van der Waals surface area contributed by atoms with E-state index in [1.165, 1.54) is 5.56 Å². The zero-order valence-electron chi connectivity index (χ0n) is 15.3. The summed E-state index contributed by atoms with van der Waals surface area (Å²) < 4.78 is 0. The van der Waals surface area contributed by atoms with E-state index >= 15 is 0 Å². The molecule has 1 fully saturated rings. The number of piperidine rings is 1. The van der Waals surface area contributed by atoms with E-state index in [4.69, 9.17) is 16.9 Å². The van der Waals surface area contributed by atoms with E-state index in [2.05, 4.69) is 40.6 Å². The SMILES string of the molecule is N#Cc1ccc(CNC(=O)C2CCN(CCc3ccccc3)CC2)c(Cl)c1. The second-order valence-corrected chi connectivity index (χ2v) is 7.39. The molecule has 0 spiro atoms. The summed E-state index contributed by atoms with van der Waals surface area (Å²) >= 11 is 6.17. The Hall–Kier alpha value is -2.35. The molecule has 4 nitrogen and oxygen atoms in total. The lowest BCUT2D eigenvalue weighted by Crippen LogP contribution is -2.41. The molecular weight excluding hydrogens is 358 g/mol. The van der Waals surface area contributed by atoms with Crippen LogP contribution in [-0.4, -0.2) is 30.4 Å². The van der Waals surface area contributed by atoms with Gasteiger partial charge in [0.25, 0.3) is 0 Å². The van der Waals surface area contributed by atoms with E-state index in [0.717, 1.165) is 44.5 Å². The van der Waals surface area contributed by atoms with E-state index in [1.54, 1.807) is 18.2 Å². The van der Waals surface area contributed by atoms with Crippen LogP contribution in [0.4, 0.5) is 0 Å². The van der Waals surface area contributed by atoms with Crippen LogP contribution in [0, 0.1) is 17.2 Å². The van der Waals surface area contributed by atoms with Crippen molar-refractivity contribution in [2.45, 2.75) is 25.8 Å². The number of nitriles is 1. The molecule has 1 amide bonds. The number of nitrogens with zero attached hydrogens (tertiary/aromatic N) is 2. The van der Waals surface area contributed by atoms with Gasteiger partial charge in [-0.05, 0) is 55.6 Å². The van der Waals surface area contributed by atoms with Gasteiger partial charge in [-0.3, -0.25) is 4.79 Å². The number of carbonyl (C=O) groups is 1. The first-order chi connectivity index (χ1) is 13.2. The molecule has 2 aromatic carbocycles. The molecule has 2 aromatic rings. The second kappa shape index (κ2) is 9.55. The first-order valence-corrected chi connectivity index (χ1v) is 9.76. The summed E-state index contributed by atoms with van der Waals surface area (Å²) in [5.74, 6) is 0.160. The highest BCUT2D eigenvalue weighted by Crippen LogP contribution is 2.20. The number of hydrogen-bond donors (Lipinski definition) is 1. The molecule has 1 aliphatic heterocycles. The minimum atomic E-state index is 0.0649. The monoisotopic (exact) mass is 381 g/mol. The number of carbonyl (C=O) groups excluding carboxylic acids is 1. The van der Waals surface area contributed by atoms with Crippen LogP contribution >= 0.6 is 11.6 Å². The predicted molar refractivity (Wildman–Crippen MR) is 107 cm³/mol. The Kier molecular flexibility index (Phi) is 6.86. The van der Waals surface area contributed by atoms with Gasteiger partial charge in [0.1, 0.15) is 0 Å². The van der Waals surface area contributed by atoms with Crippen LogP contribution in [0.1, 0.15) is 29.5 Å². The van der Waals surface area contributed by atoms with Crippen LogP contribution in [0.3, 0.4) is 0 Å². The molecule has 0 bridgehead atoms. The maximum absolute atomic E-state index is 12.5. The molecule has 0 aliphatic carbocycles. The lowest BCUT2D eigenvalue weighted by atomic mass is 9.95. The van der Waals surface area contributed by atoms with Crippen molar-refractivity contribution in [3.05, 3.63) is 70.2 Å². The Labute approximate surface area is 165 Å². The zero-order valence-corrected chi connectivity index (χ0v) is 16.1. The smallest absolute Gasteiger partial charge is 0.223 e. The van der Waals surface area contributed by atoms with Crippen molar-refractivity contribution in [2.24, 2.45) is 5.92 Å². The molecule has 0 radical (unpaired) electrons. The number of likely N-dealkylation sites (tertiary alicyclic amines) is 1. The van der Waals surface area contributed by atoms with Gasteiger partial charge in [-0.1, -0.05) is 48.0 Å². The van der Waals surface area contributed by atoms with Crippen molar-refractivity contribution in [1.29, 1.82) is 5.26 Å². The third-order valence-electron chi connectivity index (χ3n) is 5.15. The highest BCUT2D eigenvalue weighted by molar-refractivity contribution is 6.31. The maximum Gasteiger partial charge on any atom is 0.223 e. The molecule has 1 saturated heterocycles. The van der Waals surface area contributed by atoms with Crippen LogP contribution in [0.5, 0.6) is 0 Å². The number of rotatable bonds is 6. The third-order valence-corrected chi connectivity index (χ3v) is 5.50. The van der Waals surface area contributed by atoms with Crippen molar-refractivity contribution in [1.82, 2.24) is 10.2 Å². The number of benzene rings is 2. The van der Waals surface area contributed by atoms with Crippen molar-refractivity contribution in [3.8, 4) is 6.07 Å². The number of nitrogens with one attached hydrogen (secondary N) is 1. The van der Waals surface area contributed by atoms with E-state index in [1.807, 2.05) is 6.07 Å². The number of hydrogen-bond acceptors (Lipinski definition) is 3. The molecule has 140 valence electrons. The van der Waals surface area contributed by atoms with Gasteiger partial charge >= 0.3 is 0 Å². The first-order valence-electron chi connectivity index (χ1n) is 9.38. The van der Waals surface area contributed by atoms with Gasteiger partial charge in [-0.2, -0.15) is 5.26 Å². The van der Waals surface area contributed by atoms with Crippen molar-refractivity contribution >= 4 is 17.5 Å². The van der Waals surface area contributed by atoms with Crippen molar-refractivity contribution in [2.75, 3.05) is 19.6 Å². The van der Waals surface area contributed by atoms with Crippen molar-refractivity contribution in [3.63, 3.8) is 0 Å². The Morgan fingerprint density at radius 2 is 1.93 bits per heavy atom. The van der Waals surface area contributed by atoms with E-state index < -0.39 is 0 Å². The zero-order chi connectivity index (χ0) is 19.1. The van der Waals surface area contributed by atoms with Crippen LogP contribution in [0.25, 0.3) is 0 Å². The summed E-state index contributed by atoms with van der Waals surface area (Å²) in [5, 5.41) is 12.4. The number of amides is 1. The molecule has 5 heteroatoms. The Bertz CT molecular complexity index is 808. The van der Waals surface area contributed by atoms with Crippen LogP contribution in [0.15, 0.2) is 48.5 Å². The molecule has 27 heavy (non-hydrogen) atoms. The predicted octanol–water partition coefficient (Wildman–Crippen LogP) is 3.78. The van der Waals surface area contributed by atoms with E-state index in [0.29, 0.717) is 17.1 Å². The Balaban J connectivity index is 1.41. The van der Waals surface area contributed by atoms with Gasteiger partial charge in [0.2, 0.25) is 5.91 Å². The molecule has 1 aliphatic rings. The molecule has 1 heterocycles. The van der Waals surface area contributed by atoms with Gasteiger partial charge in [-0.15, -0.1) is 0 Å². The Morgan fingerprint density at radius 1 is 1.19 bits per heavy atom. The fraction of sp³-hybridized carbons (Fsp3) is 0.364. The summed E-state index contributed by atoms with van der Waals surface area (Å²) in [4.78, 5) is 14.9. The summed E-state index contributed by atoms with van der Waals surface area (Å²) in [6.45, 7) is 3.36. The van der Waals surface area contributed by atoms with Crippen LogP contribution < -0.4 is 5.32 Å².